The first-order valence-corrected chi connectivity index (χ1v) is 10.0. The standard InChI is InChI=1S/C22H22N4O7/c1-4-31-15(27)11-22(21(29)32-5-2)14(12-23)18(24)33-19-16(22)17(20(28)30-3)25-26(19)13-9-7-6-8-10-13/h6-10,23-24H,4-5,11H2,1-3H3/t22-/m1/s1. The Hall–Kier alpha value is -4.24. The maximum Gasteiger partial charge on any atom is 0.359 e. The first-order chi connectivity index (χ1) is 15.8. The minimum atomic E-state index is -2.15. The van der Waals surface area contributed by atoms with Crippen molar-refractivity contribution in [1.82, 2.24) is 9.78 Å². The lowest BCUT2D eigenvalue weighted by atomic mass is 9.70. The summed E-state index contributed by atoms with van der Waals surface area (Å²) in [6.07, 6.45) is -0.676. The van der Waals surface area contributed by atoms with E-state index in [2.05, 4.69) is 5.10 Å². The van der Waals surface area contributed by atoms with Crippen LogP contribution in [-0.4, -0.2) is 59.8 Å². The molecular formula is C22H22N4O7. The third-order valence-corrected chi connectivity index (χ3v) is 4.97. The van der Waals surface area contributed by atoms with Gasteiger partial charge in [-0.3, -0.25) is 20.4 Å². The summed E-state index contributed by atoms with van der Waals surface area (Å²) in [5, 5.41) is 20.4. The molecular weight excluding hydrogens is 432 g/mol. The highest BCUT2D eigenvalue weighted by Crippen LogP contribution is 2.48. The van der Waals surface area contributed by atoms with E-state index in [1.807, 2.05) is 5.87 Å². The van der Waals surface area contributed by atoms with Gasteiger partial charge in [0.15, 0.2) is 5.69 Å². The fourth-order valence-electron chi connectivity index (χ4n) is 3.63. The van der Waals surface area contributed by atoms with Crippen LogP contribution in [0.25, 0.3) is 5.69 Å². The Balaban J connectivity index is 2.45. The molecule has 1 aliphatic rings. The maximum atomic E-state index is 13.4. The van der Waals surface area contributed by atoms with Gasteiger partial charge in [0.2, 0.25) is 11.8 Å². The molecule has 2 N–H and O–H groups in total. The summed E-state index contributed by atoms with van der Waals surface area (Å²) in [6.45, 7) is 3.10. The summed E-state index contributed by atoms with van der Waals surface area (Å²) in [4.78, 5) is 38.8. The van der Waals surface area contributed by atoms with Crippen molar-refractivity contribution in [2.24, 2.45) is 0 Å². The molecule has 1 aromatic heterocycles. The van der Waals surface area contributed by atoms with Crippen LogP contribution in [0.5, 0.6) is 5.88 Å². The summed E-state index contributed by atoms with van der Waals surface area (Å²) in [6, 6.07) is 8.54. The normalized spacial score (nSPS) is 16.8. The maximum absolute atomic E-state index is 13.4. The van der Waals surface area contributed by atoms with Crippen molar-refractivity contribution in [2.45, 2.75) is 25.7 Å². The number of nitrogens with one attached hydrogen (secondary N) is 2. The largest absolute Gasteiger partial charge is 0.466 e. The Morgan fingerprint density at radius 3 is 2.39 bits per heavy atom. The number of para-hydroxylation sites is 1. The minimum Gasteiger partial charge on any atom is -0.466 e. The van der Waals surface area contributed by atoms with Crippen LogP contribution >= 0.6 is 0 Å². The number of ether oxygens (including phenoxy) is 4. The lowest BCUT2D eigenvalue weighted by Gasteiger charge is -2.35. The molecule has 0 saturated carbocycles. The van der Waals surface area contributed by atoms with Crippen molar-refractivity contribution >= 4 is 29.7 Å². The van der Waals surface area contributed by atoms with E-state index in [0.717, 1.165) is 7.11 Å². The molecule has 0 spiro atoms. The number of carbonyl (C=O) groups is 3. The van der Waals surface area contributed by atoms with Crippen LogP contribution in [0.4, 0.5) is 0 Å². The van der Waals surface area contributed by atoms with E-state index < -0.39 is 41.2 Å². The van der Waals surface area contributed by atoms with E-state index >= 15 is 0 Å². The van der Waals surface area contributed by atoms with Crippen LogP contribution in [0.3, 0.4) is 0 Å². The van der Waals surface area contributed by atoms with Crippen LogP contribution in [0.2, 0.25) is 0 Å². The second kappa shape index (κ2) is 9.49. The highest BCUT2D eigenvalue weighted by Gasteiger charge is 2.58. The molecule has 1 atom stereocenters. The monoisotopic (exact) mass is 454 g/mol. The zero-order chi connectivity index (χ0) is 24.2. The Kier molecular flexibility index (Phi) is 6.74. The smallest absolute Gasteiger partial charge is 0.359 e. The van der Waals surface area contributed by atoms with Crippen molar-refractivity contribution in [3.8, 4) is 11.6 Å². The van der Waals surface area contributed by atoms with Gasteiger partial charge in [-0.25, -0.2) is 4.79 Å². The lowest BCUT2D eigenvalue weighted by Crippen LogP contribution is -2.48. The van der Waals surface area contributed by atoms with Gasteiger partial charge < -0.3 is 18.9 Å². The highest BCUT2D eigenvalue weighted by atomic mass is 16.5. The van der Waals surface area contributed by atoms with Gasteiger partial charge in [-0.1, -0.05) is 18.2 Å². The SMILES string of the molecule is CCOC(=O)C[C@@]1(C(=O)OCC)C(=C=N)C(=N)Oc2c1c(C(=O)OC)nn2-c1ccccc1. The Bertz CT molecular complexity index is 1160. The fourth-order valence-corrected chi connectivity index (χ4v) is 3.63. The van der Waals surface area contributed by atoms with E-state index in [4.69, 9.17) is 29.8 Å². The zero-order valence-corrected chi connectivity index (χ0v) is 18.3. The van der Waals surface area contributed by atoms with Gasteiger partial charge in [-0.05, 0) is 31.9 Å². The van der Waals surface area contributed by atoms with Gasteiger partial charge in [0.05, 0.1) is 43.6 Å². The van der Waals surface area contributed by atoms with Crippen molar-refractivity contribution in [3.63, 3.8) is 0 Å². The number of rotatable bonds is 7. The number of esters is 3. The van der Waals surface area contributed by atoms with E-state index in [0.29, 0.717) is 5.69 Å². The number of carbonyl (C=O) groups excluding carboxylic acids is 3. The number of hydrogen-bond donors (Lipinski definition) is 2. The molecule has 1 aliphatic heterocycles. The molecule has 11 nitrogen and oxygen atoms in total. The molecule has 172 valence electrons. The van der Waals surface area contributed by atoms with Crippen LogP contribution in [0.15, 0.2) is 35.9 Å². The van der Waals surface area contributed by atoms with E-state index in [1.165, 1.54) is 4.68 Å². The second-order valence-corrected chi connectivity index (χ2v) is 6.81. The van der Waals surface area contributed by atoms with Crippen molar-refractivity contribution in [2.75, 3.05) is 20.3 Å². The molecule has 0 saturated heterocycles. The first-order valence-electron chi connectivity index (χ1n) is 10.0. The Labute approximate surface area is 188 Å². The van der Waals surface area contributed by atoms with Crippen LogP contribution in [0, 0.1) is 10.8 Å². The van der Waals surface area contributed by atoms with Crippen molar-refractivity contribution in [3.05, 3.63) is 47.2 Å². The summed E-state index contributed by atoms with van der Waals surface area (Å²) in [5.74, 6) is -1.48. The molecule has 33 heavy (non-hydrogen) atoms. The predicted molar refractivity (Wildman–Crippen MR) is 114 cm³/mol. The molecule has 0 unspecified atom stereocenters. The highest BCUT2D eigenvalue weighted by molar-refractivity contribution is 6.14. The van der Waals surface area contributed by atoms with Crippen molar-refractivity contribution < 1.29 is 33.3 Å². The second-order valence-electron chi connectivity index (χ2n) is 6.81. The molecule has 0 aliphatic carbocycles. The lowest BCUT2D eigenvalue weighted by molar-refractivity contribution is -0.155. The average Bonchev–Trinajstić information content (AvgIpc) is 3.19. The zero-order valence-electron chi connectivity index (χ0n) is 18.3. The van der Waals surface area contributed by atoms with Gasteiger partial charge in [-0.2, -0.15) is 9.78 Å². The van der Waals surface area contributed by atoms with E-state index in [1.54, 1.807) is 44.2 Å². The number of benzene rings is 1. The van der Waals surface area contributed by atoms with Gasteiger partial charge >= 0.3 is 17.9 Å². The van der Waals surface area contributed by atoms with Crippen LogP contribution in [0.1, 0.15) is 36.3 Å². The van der Waals surface area contributed by atoms with Gasteiger partial charge in [0, 0.05) is 0 Å². The molecule has 0 radical (unpaired) electrons. The van der Waals surface area contributed by atoms with Crippen LogP contribution < -0.4 is 4.74 Å². The van der Waals surface area contributed by atoms with E-state index in [-0.39, 0.29) is 30.4 Å². The summed E-state index contributed by atoms with van der Waals surface area (Å²) < 4.78 is 22.0. The number of nitrogens with zero attached hydrogens (tertiary/aromatic N) is 2. The number of methoxy groups -OCH3 is 1. The molecule has 11 heteroatoms. The Morgan fingerprint density at radius 1 is 1.15 bits per heavy atom. The minimum absolute atomic E-state index is 0.0231. The number of hydrogen-bond acceptors (Lipinski definition) is 10. The Morgan fingerprint density at radius 2 is 1.82 bits per heavy atom. The third kappa shape index (κ3) is 3.90. The summed E-state index contributed by atoms with van der Waals surface area (Å²) in [5.41, 5.74) is -2.61. The molecule has 0 amide bonds. The molecule has 1 aromatic carbocycles. The molecule has 2 heterocycles. The molecule has 0 bridgehead atoms. The van der Waals surface area contributed by atoms with Crippen LogP contribution in [-0.2, 0) is 29.2 Å². The quantitative estimate of drug-likeness (QED) is 0.366. The topological polar surface area (TPSA) is 154 Å². The predicted octanol–water partition coefficient (Wildman–Crippen LogP) is 1.96. The molecule has 3 rings (SSSR count). The number of aromatic nitrogens is 2. The first kappa shape index (κ1) is 23.4. The third-order valence-electron chi connectivity index (χ3n) is 4.97. The summed E-state index contributed by atoms with van der Waals surface area (Å²) >= 11 is 0. The number of fused-ring (bicyclic) bond motifs is 1. The van der Waals surface area contributed by atoms with E-state index in [9.17, 15) is 14.4 Å². The average molecular weight is 454 g/mol. The van der Waals surface area contributed by atoms with Gasteiger partial charge in [0.1, 0.15) is 5.41 Å². The fraction of sp³-hybridized carbons (Fsp3) is 0.318. The van der Waals surface area contributed by atoms with Gasteiger partial charge in [-0.15, -0.1) is 0 Å². The van der Waals surface area contributed by atoms with Gasteiger partial charge in [0.25, 0.3) is 0 Å². The summed E-state index contributed by atoms with van der Waals surface area (Å²) in [7, 11) is 1.13. The molecule has 2 aromatic rings. The van der Waals surface area contributed by atoms with Crippen molar-refractivity contribution in [1.29, 1.82) is 10.8 Å². The molecule has 0 fully saturated rings.